The van der Waals surface area contributed by atoms with Gasteiger partial charge in [0.2, 0.25) is 10.0 Å². The van der Waals surface area contributed by atoms with Gasteiger partial charge < -0.3 is 5.32 Å². The molecule has 2 N–H and O–H groups in total. The molecular formula is C11H18N4O3S. The smallest absolute Gasteiger partial charge is 0.254 e. The number of piperidine rings is 1. The minimum atomic E-state index is -3.11. The maximum Gasteiger partial charge on any atom is 0.254 e. The van der Waals surface area contributed by atoms with Gasteiger partial charge in [0.25, 0.3) is 5.91 Å². The van der Waals surface area contributed by atoms with E-state index in [9.17, 15) is 13.2 Å². The first kappa shape index (κ1) is 14.0. The summed E-state index contributed by atoms with van der Waals surface area (Å²) in [5, 5.41) is 9.19. The van der Waals surface area contributed by atoms with Crippen molar-refractivity contribution in [1.29, 1.82) is 0 Å². The van der Waals surface area contributed by atoms with Crippen molar-refractivity contribution in [1.82, 2.24) is 19.8 Å². The lowest BCUT2D eigenvalue weighted by molar-refractivity contribution is 0.0924. The van der Waals surface area contributed by atoms with Gasteiger partial charge in [0, 0.05) is 25.3 Å². The Morgan fingerprint density at radius 3 is 2.74 bits per heavy atom. The fraction of sp³-hybridized carbons (Fsp3) is 0.636. The number of carbonyl (C=O) groups is 1. The first-order chi connectivity index (χ1) is 9.03. The molecule has 19 heavy (non-hydrogen) atoms. The Morgan fingerprint density at radius 1 is 1.53 bits per heavy atom. The summed E-state index contributed by atoms with van der Waals surface area (Å²) < 4.78 is 24.9. The van der Waals surface area contributed by atoms with Crippen LogP contribution >= 0.6 is 0 Å². The summed E-state index contributed by atoms with van der Waals surface area (Å²) in [4.78, 5) is 11.8. The zero-order valence-corrected chi connectivity index (χ0v) is 11.6. The Balaban J connectivity index is 1.86. The standard InChI is InChI=1S/C11H18N4O3S/c1-2-19(17,18)15-5-3-10(4-6-15)14-11(16)9-7-12-13-8-9/h7-8,10H,2-6H2,1H3,(H,12,13)(H,14,16). The number of hydrogen-bond donors (Lipinski definition) is 2. The van der Waals surface area contributed by atoms with Gasteiger partial charge in [0.15, 0.2) is 0 Å². The highest BCUT2D eigenvalue weighted by Gasteiger charge is 2.27. The van der Waals surface area contributed by atoms with Crippen molar-refractivity contribution in [3.63, 3.8) is 0 Å². The summed E-state index contributed by atoms with van der Waals surface area (Å²) in [5.74, 6) is -0.0514. The maximum atomic E-state index is 11.8. The molecule has 106 valence electrons. The second kappa shape index (κ2) is 5.70. The van der Waals surface area contributed by atoms with Crippen LogP contribution in [0.1, 0.15) is 30.1 Å². The van der Waals surface area contributed by atoms with Gasteiger partial charge in [0.1, 0.15) is 0 Å². The molecule has 0 radical (unpaired) electrons. The Hall–Kier alpha value is -1.41. The minimum absolute atomic E-state index is 0.0192. The van der Waals surface area contributed by atoms with Gasteiger partial charge in [-0.2, -0.15) is 5.10 Å². The summed E-state index contributed by atoms with van der Waals surface area (Å²) >= 11 is 0. The number of rotatable bonds is 4. The molecule has 7 nitrogen and oxygen atoms in total. The third-order valence-electron chi connectivity index (χ3n) is 3.31. The van der Waals surface area contributed by atoms with Crippen molar-refractivity contribution in [3.05, 3.63) is 18.0 Å². The fourth-order valence-corrected chi connectivity index (χ4v) is 3.24. The highest BCUT2D eigenvalue weighted by Crippen LogP contribution is 2.14. The molecule has 2 heterocycles. The number of nitrogens with one attached hydrogen (secondary N) is 2. The van der Waals surface area contributed by atoms with Crippen LogP contribution in [0.25, 0.3) is 0 Å². The van der Waals surface area contributed by atoms with Crippen LogP contribution in [0.4, 0.5) is 0 Å². The third kappa shape index (κ3) is 3.32. The Bertz CT molecular complexity index is 518. The molecule has 0 aliphatic carbocycles. The molecular weight excluding hydrogens is 268 g/mol. The molecule has 1 aliphatic rings. The molecule has 0 saturated carbocycles. The van der Waals surface area contributed by atoms with E-state index < -0.39 is 10.0 Å². The van der Waals surface area contributed by atoms with Gasteiger partial charge in [-0.15, -0.1) is 0 Å². The number of carbonyl (C=O) groups excluding carboxylic acids is 1. The van der Waals surface area contributed by atoms with Crippen molar-refractivity contribution in [2.45, 2.75) is 25.8 Å². The molecule has 0 unspecified atom stereocenters. The zero-order chi connectivity index (χ0) is 13.9. The molecule has 8 heteroatoms. The highest BCUT2D eigenvalue weighted by molar-refractivity contribution is 7.89. The van der Waals surface area contributed by atoms with Crippen LogP contribution in [0, 0.1) is 0 Å². The molecule has 1 aromatic heterocycles. The number of nitrogens with zero attached hydrogens (tertiary/aromatic N) is 2. The number of amides is 1. The second-order valence-electron chi connectivity index (χ2n) is 4.53. The summed E-state index contributed by atoms with van der Waals surface area (Å²) in [6.07, 6.45) is 4.28. The lowest BCUT2D eigenvalue weighted by Gasteiger charge is -2.31. The van der Waals surface area contributed by atoms with Gasteiger partial charge in [-0.3, -0.25) is 9.89 Å². The molecule has 0 bridgehead atoms. The van der Waals surface area contributed by atoms with Crippen molar-refractivity contribution in [2.75, 3.05) is 18.8 Å². The molecule has 1 amide bonds. The van der Waals surface area contributed by atoms with Gasteiger partial charge in [-0.1, -0.05) is 0 Å². The Kier molecular flexibility index (Phi) is 4.20. The van der Waals surface area contributed by atoms with Crippen LogP contribution in [0.5, 0.6) is 0 Å². The predicted octanol–water partition coefficient (Wildman–Crippen LogP) is -0.0464. The van der Waals surface area contributed by atoms with E-state index in [1.54, 1.807) is 6.92 Å². The lowest BCUT2D eigenvalue weighted by Crippen LogP contribution is -2.46. The summed E-state index contributed by atoms with van der Waals surface area (Å²) in [5.41, 5.74) is 0.489. The zero-order valence-electron chi connectivity index (χ0n) is 10.8. The first-order valence-corrected chi connectivity index (χ1v) is 7.91. The normalized spacial score (nSPS) is 18.4. The Morgan fingerprint density at radius 2 is 2.21 bits per heavy atom. The van der Waals surface area contributed by atoms with Crippen molar-refractivity contribution in [3.8, 4) is 0 Å². The summed E-state index contributed by atoms with van der Waals surface area (Å²) in [7, 11) is -3.11. The maximum absolute atomic E-state index is 11.8. The number of H-pyrrole nitrogens is 1. The van der Waals surface area contributed by atoms with E-state index in [0.717, 1.165) is 0 Å². The van der Waals surface area contributed by atoms with Gasteiger partial charge >= 0.3 is 0 Å². The monoisotopic (exact) mass is 286 g/mol. The van der Waals surface area contributed by atoms with Crippen LogP contribution in [-0.2, 0) is 10.0 Å². The van der Waals surface area contributed by atoms with E-state index in [2.05, 4.69) is 15.5 Å². The van der Waals surface area contributed by atoms with Gasteiger partial charge in [0.05, 0.1) is 17.5 Å². The molecule has 1 aliphatic heterocycles. The van der Waals surface area contributed by atoms with E-state index in [0.29, 0.717) is 31.5 Å². The lowest BCUT2D eigenvalue weighted by atomic mass is 10.1. The summed E-state index contributed by atoms with van der Waals surface area (Å²) in [6, 6.07) is 0.0192. The van der Waals surface area contributed by atoms with Crippen molar-refractivity contribution >= 4 is 15.9 Å². The second-order valence-corrected chi connectivity index (χ2v) is 6.79. The number of sulfonamides is 1. The van der Waals surface area contributed by atoms with Crippen LogP contribution in [0.2, 0.25) is 0 Å². The number of hydrogen-bond acceptors (Lipinski definition) is 4. The quantitative estimate of drug-likeness (QED) is 0.811. The van der Waals surface area contributed by atoms with Crippen LogP contribution in [0.15, 0.2) is 12.4 Å². The molecule has 0 atom stereocenters. The fourth-order valence-electron chi connectivity index (χ4n) is 2.10. The predicted molar refractivity (Wildman–Crippen MR) is 70.1 cm³/mol. The molecule has 1 saturated heterocycles. The Labute approximate surface area is 112 Å². The van der Waals surface area contributed by atoms with E-state index in [4.69, 9.17) is 0 Å². The van der Waals surface area contributed by atoms with E-state index in [-0.39, 0.29) is 17.7 Å². The van der Waals surface area contributed by atoms with Crippen LogP contribution < -0.4 is 5.32 Å². The van der Waals surface area contributed by atoms with Crippen molar-refractivity contribution in [2.24, 2.45) is 0 Å². The molecule has 1 aromatic rings. The topological polar surface area (TPSA) is 95.2 Å². The molecule has 0 aromatic carbocycles. The number of aromatic nitrogens is 2. The molecule has 2 rings (SSSR count). The van der Waals surface area contributed by atoms with E-state index in [1.807, 2.05) is 0 Å². The summed E-state index contributed by atoms with van der Waals surface area (Å²) in [6.45, 7) is 2.57. The average molecular weight is 286 g/mol. The highest BCUT2D eigenvalue weighted by atomic mass is 32.2. The average Bonchev–Trinajstić information content (AvgIpc) is 2.93. The van der Waals surface area contributed by atoms with Gasteiger partial charge in [-0.05, 0) is 19.8 Å². The molecule has 1 fully saturated rings. The van der Waals surface area contributed by atoms with Crippen LogP contribution in [-0.4, -0.2) is 53.7 Å². The minimum Gasteiger partial charge on any atom is -0.349 e. The van der Waals surface area contributed by atoms with Crippen LogP contribution in [0.3, 0.4) is 0 Å². The largest absolute Gasteiger partial charge is 0.349 e. The van der Waals surface area contributed by atoms with E-state index >= 15 is 0 Å². The van der Waals surface area contributed by atoms with E-state index in [1.165, 1.54) is 16.7 Å². The van der Waals surface area contributed by atoms with Crippen molar-refractivity contribution < 1.29 is 13.2 Å². The number of aromatic amines is 1. The third-order valence-corrected chi connectivity index (χ3v) is 5.19. The SMILES string of the molecule is CCS(=O)(=O)N1CCC(NC(=O)c2cn[nH]c2)CC1. The molecule has 0 spiro atoms. The van der Waals surface area contributed by atoms with Gasteiger partial charge in [-0.25, -0.2) is 12.7 Å². The first-order valence-electron chi connectivity index (χ1n) is 6.30.